The number of rotatable bonds is 4. The smallest absolute Gasteiger partial charge is 0.294 e. The Hall–Kier alpha value is -3.52. The molecule has 1 saturated heterocycles. The van der Waals surface area contributed by atoms with Crippen LogP contribution < -0.4 is 10.5 Å². The molecule has 1 aliphatic heterocycles. The largest absolute Gasteiger partial charge is 0.368 e. The Morgan fingerprint density at radius 2 is 1.62 bits per heavy atom. The van der Waals surface area contributed by atoms with Gasteiger partial charge in [0.1, 0.15) is 11.6 Å². The molecule has 0 bridgehead atoms. The Labute approximate surface area is 189 Å². The first kappa shape index (κ1) is 20.4. The fourth-order valence-electron chi connectivity index (χ4n) is 4.00. The zero-order chi connectivity index (χ0) is 22.1. The number of nitrogens with zero attached hydrogens (tertiary/aromatic N) is 5. The third kappa shape index (κ3) is 3.89. The van der Waals surface area contributed by atoms with Crippen LogP contribution in [0, 0.1) is 6.92 Å². The van der Waals surface area contributed by atoms with Gasteiger partial charge in [-0.15, -0.1) is 11.3 Å². The minimum Gasteiger partial charge on any atom is -0.368 e. The summed E-state index contributed by atoms with van der Waals surface area (Å²) in [6, 6.07) is 20.0. The molecule has 7 nitrogen and oxygen atoms in total. The monoisotopic (exact) mass is 445 g/mol. The summed E-state index contributed by atoms with van der Waals surface area (Å²) in [6.07, 6.45) is 0. The predicted molar refractivity (Wildman–Crippen MR) is 127 cm³/mol. The van der Waals surface area contributed by atoms with Gasteiger partial charge in [0.25, 0.3) is 5.56 Å². The number of aromatic nitrogens is 3. The van der Waals surface area contributed by atoms with Gasteiger partial charge in [0.05, 0.1) is 10.4 Å². The first-order valence-electron chi connectivity index (χ1n) is 10.6. The number of para-hydroxylation sites is 1. The zero-order valence-corrected chi connectivity index (χ0v) is 18.6. The summed E-state index contributed by atoms with van der Waals surface area (Å²) in [7, 11) is 0. The van der Waals surface area contributed by atoms with Gasteiger partial charge in [-0.05, 0) is 19.1 Å². The van der Waals surface area contributed by atoms with Gasteiger partial charge in [0.2, 0.25) is 5.91 Å². The lowest BCUT2D eigenvalue weighted by Crippen LogP contribution is -2.50. The number of anilines is 1. The number of hydrogen-bond donors (Lipinski definition) is 0. The molecule has 2 aromatic carbocycles. The number of benzene rings is 2. The van der Waals surface area contributed by atoms with Crippen molar-refractivity contribution in [1.82, 2.24) is 19.7 Å². The van der Waals surface area contributed by atoms with Gasteiger partial charge in [-0.1, -0.05) is 48.5 Å². The Morgan fingerprint density at radius 3 is 2.31 bits per heavy atom. The summed E-state index contributed by atoms with van der Waals surface area (Å²) in [5, 5.41) is 5.20. The predicted octanol–water partition coefficient (Wildman–Crippen LogP) is 3.18. The van der Waals surface area contributed by atoms with E-state index in [1.54, 1.807) is 0 Å². The summed E-state index contributed by atoms with van der Waals surface area (Å²) < 4.78 is 2.03. The third-order valence-electron chi connectivity index (χ3n) is 5.72. The maximum absolute atomic E-state index is 13.0. The highest BCUT2D eigenvalue weighted by atomic mass is 32.1. The molecule has 162 valence electrons. The van der Waals surface area contributed by atoms with Crippen LogP contribution in [0.1, 0.15) is 5.69 Å². The summed E-state index contributed by atoms with van der Waals surface area (Å²) in [6.45, 7) is 4.57. The fraction of sp³-hybridized carbons (Fsp3) is 0.250. The molecule has 8 heteroatoms. The second-order valence-corrected chi connectivity index (χ2v) is 8.81. The summed E-state index contributed by atoms with van der Waals surface area (Å²) in [5.74, 6) is -0.0930. The van der Waals surface area contributed by atoms with Crippen molar-refractivity contribution < 1.29 is 4.79 Å². The van der Waals surface area contributed by atoms with E-state index >= 15 is 0 Å². The minimum absolute atomic E-state index is 0.0703. The number of hydrogen-bond acceptors (Lipinski definition) is 6. The van der Waals surface area contributed by atoms with E-state index in [0.717, 1.165) is 34.0 Å². The van der Waals surface area contributed by atoms with Gasteiger partial charge in [0.15, 0.2) is 5.52 Å². The minimum atomic E-state index is -0.319. The molecule has 0 N–H and O–H groups in total. The lowest BCUT2D eigenvalue weighted by Gasteiger charge is -2.36. The van der Waals surface area contributed by atoms with Crippen LogP contribution >= 0.6 is 11.3 Å². The van der Waals surface area contributed by atoms with Crippen molar-refractivity contribution in [3.05, 3.63) is 76.7 Å². The molecule has 1 fully saturated rings. The highest BCUT2D eigenvalue weighted by Crippen LogP contribution is 2.29. The van der Waals surface area contributed by atoms with E-state index in [4.69, 9.17) is 0 Å². The first-order chi connectivity index (χ1) is 15.6. The normalized spacial score (nSPS) is 14.2. The van der Waals surface area contributed by atoms with Crippen LogP contribution in [0.5, 0.6) is 0 Å². The average Bonchev–Trinajstić information content (AvgIpc) is 3.30. The summed E-state index contributed by atoms with van der Waals surface area (Å²) >= 11 is 1.46. The van der Waals surface area contributed by atoms with Crippen molar-refractivity contribution in [1.29, 1.82) is 0 Å². The molecular formula is C24H23N5O2S. The number of carbonyl (C=O) groups excluding carboxylic acids is 1. The van der Waals surface area contributed by atoms with E-state index in [1.165, 1.54) is 16.0 Å². The number of piperazine rings is 1. The number of carbonyl (C=O) groups is 1. The molecule has 0 atom stereocenters. The van der Waals surface area contributed by atoms with Gasteiger partial charge in [-0.25, -0.2) is 9.67 Å². The Morgan fingerprint density at radius 1 is 0.969 bits per heavy atom. The van der Waals surface area contributed by atoms with E-state index in [9.17, 15) is 9.59 Å². The van der Waals surface area contributed by atoms with E-state index < -0.39 is 0 Å². The second kappa shape index (κ2) is 8.55. The molecule has 1 aliphatic rings. The van der Waals surface area contributed by atoms with Crippen LogP contribution in [0.3, 0.4) is 0 Å². The molecule has 3 heterocycles. The maximum Gasteiger partial charge on any atom is 0.294 e. The van der Waals surface area contributed by atoms with Crippen molar-refractivity contribution in [2.24, 2.45) is 0 Å². The molecule has 0 aliphatic carbocycles. The lowest BCUT2D eigenvalue weighted by atomic mass is 10.2. The van der Waals surface area contributed by atoms with Crippen LogP contribution in [0.4, 0.5) is 5.69 Å². The Bertz CT molecular complexity index is 1310. The lowest BCUT2D eigenvalue weighted by molar-refractivity contribution is -0.132. The molecule has 1 amide bonds. The van der Waals surface area contributed by atoms with Crippen molar-refractivity contribution in [3.63, 3.8) is 0 Å². The molecule has 32 heavy (non-hydrogen) atoms. The van der Waals surface area contributed by atoms with Gasteiger partial charge < -0.3 is 9.80 Å². The van der Waals surface area contributed by atoms with Gasteiger partial charge in [-0.2, -0.15) is 5.10 Å². The first-order valence-corrected chi connectivity index (χ1v) is 11.4. The zero-order valence-electron chi connectivity index (χ0n) is 17.8. The highest BCUT2D eigenvalue weighted by Gasteiger charge is 2.23. The highest BCUT2D eigenvalue weighted by molar-refractivity contribution is 7.21. The Kier molecular flexibility index (Phi) is 5.45. The Balaban J connectivity index is 1.33. The van der Waals surface area contributed by atoms with Crippen molar-refractivity contribution in [3.8, 4) is 10.6 Å². The summed E-state index contributed by atoms with van der Waals surface area (Å²) in [4.78, 5) is 34.6. The molecule has 0 spiro atoms. The van der Waals surface area contributed by atoms with Crippen molar-refractivity contribution in [2.75, 3.05) is 31.1 Å². The molecule has 0 saturated carbocycles. The summed E-state index contributed by atoms with van der Waals surface area (Å²) in [5.41, 5.74) is 2.90. The van der Waals surface area contributed by atoms with Crippen LogP contribution in [0.15, 0.2) is 65.5 Å². The SMILES string of the molecule is Cc1nn(CC(=O)N2CCN(c3ccccc3)CC2)c(=O)c2nc(-c3ccccc3)sc12. The van der Waals surface area contributed by atoms with E-state index in [1.807, 2.05) is 60.4 Å². The van der Waals surface area contributed by atoms with Crippen LogP contribution in [0.2, 0.25) is 0 Å². The third-order valence-corrected chi connectivity index (χ3v) is 6.94. The maximum atomic E-state index is 13.0. The number of aryl methyl sites for hydroxylation is 1. The average molecular weight is 446 g/mol. The number of fused-ring (bicyclic) bond motifs is 1. The number of thiazole rings is 1. The van der Waals surface area contributed by atoms with E-state index in [-0.39, 0.29) is 18.0 Å². The van der Waals surface area contributed by atoms with Crippen LogP contribution in [-0.2, 0) is 11.3 Å². The van der Waals surface area contributed by atoms with Crippen LogP contribution in [0.25, 0.3) is 20.8 Å². The van der Waals surface area contributed by atoms with Crippen molar-refractivity contribution in [2.45, 2.75) is 13.5 Å². The standard InChI is InChI=1S/C24H23N5O2S/c1-17-22-21(25-23(32-22)18-8-4-2-5-9-18)24(31)29(26-17)16-20(30)28-14-12-27(13-15-28)19-10-6-3-7-11-19/h2-11H,12-16H2,1H3. The van der Waals surface area contributed by atoms with E-state index in [2.05, 4.69) is 27.1 Å². The van der Waals surface area contributed by atoms with Crippen LogP contribution in [-0.4, -0.2) is 51.8 Å². The second-order valence-electron chi connectivity index (χ2n) is 7.81. The van der Waals surface area contributed by atoms with Gasteiger partial charge >= 0.3 is 0 Å². The molecular weight excluding hydrogens is 422 g/mol. The van der Waals surface area contributed by atoms with Gasteiger partial charge in [0, 0.05) is 37.4 Å². The quantitative estimate of drug-likeness (QED) is 0.483. The molecule has 2 aromatic heterocycles. The molecule has 4 aromatic rings. The molecule has 5 rings (SSSR count). The molecule has 0 radical (unpaired) electrons. The van der Waals surface area contributed by atoms with Gasteiger partial charge in [-0.3, -0.25) is 9.59 Å². The van der Waals surface area contributed by atoms with E-state index in [0.29, 0.717) is 24.3 Å². The fourth-order valence-corrected chi connectivity index (χ4v) is 5.00. The topological polar surface area (TPSA) is 71.3 Å². The van der Waals surface area contributed by atoms with Crippen molar-refractivity contribution >= 4 is 33.1 Å². The number of amides is 1. The molecule has 0 unspecified atom stereocenters.